The predicted octanol–water partition coefficient (Wildman–Crippen LogP) is 5.14. The molecule has 37 heavy (non-hydrogen) atoms. The van der Waals surface area contributed by atoms with Crippen molar-refractivity contribution in [2.75, 3.05) is 54.9 Å². The summed E-state index contributed by atoms with van der Waals surface area (Å²) in [6.45, 7) is 15.4. The molecule has 1 saturated heterocycles. The number of rotatable bonds is 8. The molecule has 0 atom stereocenters. The molecule has 2 N–H and O–H groups in total. The lowest BCUT2D eigenvalue weighted by Gasteiger charge is -2.36. The lowest BCUT2D eigenvalue weighted by atomic mass is 10.2. The van der Waals surface area contributed by atoms with Crippen LogP contribution >= 0.6 is 22.9 Å². The molecule has 0 aliphatic carbocycles. The van der Waals surface area contributed by atoms with Crippen LogP contribution in [0.2, 0.25) is 5.02 Å². The molecule has 1 fully saturated rings. The number of halogens is 1. The van der Waals surface area contributed by atoms with Crippen LogP contribution in [0.4, 0.5) is 22.5 Å². The summed E-state index contributed by atoms with van der Waals surface area (Å²) >= 11 is 7.50. The van der Waals surface area contributed by atoms with Gasteiger partial charge in [-0.2, -0.15) is 0 Å². The van der Waals surface area contributed by atoms with Gasteiger partial charge in [0.05, 0.1) is 29.1 Å². The van der Waals surface area contributed by atoms with Gasteiger partial charge in [0.25, 0.3) is 5.91 Å². The molecule has 0 spiro atoms. The molecule has 4 rings (SSSR count). The Kier molecular flexibility index (Phi) is 8.63. The molecule has 0 saturated carbocycles. The Morgan fingerprint density at radius 1 is 1.16 bits per heavy atom. The van der Waals surface area contributed by atoms with Crippen molar-refractivity contribution in [1.82, 2.24) is 19.9 Å². The predicted molar refractivity (Wildman–Crippen MR) is 151 cm³/mol. The molecule has 1 aliphatic heterocycles. The van der Waals surface area contributed by atoms with Crippen LogP contribution in [0.1, 0.15) is 41.8 Å². The minimum atomic E-state index is -0.257. The Balaban J connectivity index is 1.35. The van der Waals surface area contributed by atoms with Crippen molar-refractivity contribution in [2.45, 2.75) is 40.2 Å². The summed E-state index contributed by atoms with van der Waals surface area (Å²) in [5, 5.41) is 7.19. The van der Waals surface area contributed by atoms with Crippen LogP contribution in [-0.2, 0) is 4.74 Å². The average molecular weight is 544 g/mol. The summed E-state index contributed by atoms with van der Waals surface area (Å²) in [6.07, 6.45) is 1.55. The molecule has 1 aromatic carbocycles. The zero-order valence-electron chi connectivity index (χ0n) is 22.0. The molecular weight excluding hydrogens is 510 g/mol. The second-order valence-electron chi connectivity index (χ2n) is 9.99. The quantitative estimate of drug-likeness (QED) is 0.403. The number of nitrogens with zero attached hydrogens (tertiary/aromatic N) is 5. The van der Waals surface area contributed by atoms with Gasteiger partial charge in [-0.15, -0.1) is 0 Å². The van der Waals surface area contributed by atoms with E-state index in [0.29, 0.717) is 32.4 Å². The molecule has 11 heteroatoms. The SMILES string of the molecule is Cc1nc(Nc2ncc(C(=O)Nc3c(C)cccc3Cl)s2)cc(N2CCN(CCOC(C)(C)C)CC2)n1. The topological polar surface area (TPSA) is 95.5 Å². The lowest BCUT2D eigenvalue weighted by Crippen LogP contribution is -2.48. The first-order valence-corrected chi connectivity index (χ1v) is 13.5. The van der Waals surface area contributed by atoms with E-state index in [1.165, 1.54) is 11.3 Å². The Hall–Kier alpha value is -2.79. The average Bonchev–Trinajstić information content (AvgIpc) is 3.29. The molecule has 0 radical (unpaired) electrons. The molecule has 0 unspecified atom stereocenters. The Morgan fingerprint density at radius 2 is 1.92 bits per heavy atom. The first kappa shape index (κ1) is 27.3. The van der Waals surface area contributed by atoms with Crippen molar-refractivity contribution >= 4 is 51.3 Å². The van der Waals surface area contributed by atoms with Gasteiger partial charge in [0.2, 0.25) is 0 Å². The van der Waals surface area contributed by atoms with Crippen LogP contribution < -0.4 is 15.5 Å². The summed E-state index contributed by atoms with van der Waals surface area (Å²) in [6, 6.07) is 7.43. The number of hydrogen-bond acceptors (Lipinski definition) is 9. The number of thiazole rings is 1. The molecule has 3 aromatic rings. The van der Waals surface area contributed by atoms with Gasteiger partial charge in [-0.3, -0.25) is 9.69 Å². The minimum absolute atomic E-state index is 0.111. The van der Waals surface area contributed by atoms with Crippen LogP contribution in [-0.4, -0.2) is 70.7 Å². The van der Waals surface area contributed by atoms with E-state index in [1.807, 2.05) is 32.0 Å². The number of benzene rings is 1. The van der Waals surface area contributed by atoms with Crippen molar-refractivity contribution < 1.29 is 9.53 Å². The molecule has 1 amide bonds. The van der Waals surface area contributed by atoms with Crippen LogP contribution in [0.3, 0.4) is 0 Å². The highest BCUT2D eigenvalue weighted by atomic mass is 35.5. The highest BCUT2D eigenvalue weighted by Crippen LogP contribution is 2.28. The molecule has 1 aliphatic rings. The highest BCUT2D eigenvalue weighted by molar-refractivity contribution is 7.17. The van der Waals surface area contributed by atoms with Crippen molar-refractivity contribution in [2.24, 2.45) is 0 Å². The zero-order valence-corrected chi connectivity index (χ0v) is 23.5. The fourth-order valence-corrected chi connectivity index (χ4v) is 4.96. The third kappa shape index (κ3) is 7.61. The van der Waals surface area contributed by atoms with Gasteiger partial charge in [-0.05, 0) is 46.2 Å². The fourth-order valence-electron chi connectivity index (χ4n) is 3.97. The molecule has 2 aromatic heterocycles. The van der Waals surface area contributed by atoms with Crippen LogP contribution in [0.5, 0.6) is 0 Å². The van der Waals surface area contributed by atoms with E-state index < -0.39 is 0 Å². The van der Waals surface area contributed by atoms with Crippen molar-refractivity contribution in [3.63, 3.8) is 0 Å². The number of aromatic nitrogens is 3. The number of ether oxygens (including phenoxy) is 1. The first-order chi connectivity index (χ1) is 17.6. The Morgan fingerprint density at radius 3 is 2.62 bits per heavy atom. The van der Waals surface area contributed by atoms with Crippen molar-refractivity contribution in [3.05, 3.63) is 51.7 Å². The maximum absolute atomic E-state index is 12.8. The van der Waals surface area contributed by atoms with Gasteiger partial charge in [0.15, 0.2) is 5.13 Å². The highest BCUT2D eigenvalue weighted by Gasteiger charge is 2.20. The van der Waals surface area contributed by atoms with E-state index in [1.54, 1.807) is 12.3 Å². The fraction of sp³-hybridized carbons (Fsp3) is 0.462. The molecule has 0 bridgehead atoms. The number of amides is 1. The molecular formula is C26H34ClN7O2S. The number of para-hydroxylation sites is 1. The normalized spacial score (nSPS) is 14.6. The van der Waals surface area contributed by atoms with Gasteiger partial charge in [0, 0.05) is 38.8 Å². The third-order valence-corrected chi connectivity index (χ3v) is 7.11. The van der Waals surface area contributed by atoms with E-state index >= 15 is 0 Å². The third-order valence-electron chi connectivity index (χ3n) is 5.89. The lowest BCUT2D eigenvalue weighted by molar-refractivity contribution is -0.0135. The maximum atomic E-state index is 12.8. The van der Waals surface area contributed by atoms with E-state index in [9.17, 15) is 4.79 Å². The summed E-state index contributed by atoms with van der Waals surface area (Å²) in [7, 11) is 0. The number of carbonyl (C=O) groups is 1. The minimum Gasteiger partial charge on any atom is -0.375 e. The van der Waals surface area contributed by atoms with Crippen LogP contribution in [0, 0.1) is 13.8 Å². The Bertz CT molecular complexity index is 1220. The van der Waals surface area contributed by atoms with Gasteiger partial charge < -0.3 is 20.3 Å². The maximum Gasteiger partial charge on any atom is 0.267 e. The van der Waals surface area contributed by atoms with Crippen LogP contribution in [0.15, 0.2) is 30.5 Å². The van der Waals surface area contributed by atoms with Gasteiger partial charge >= 0.3 is 0 Å². The van der Waals surface area contributed by atoms with E-state index in [2.05, 4.69) is 56.2 Å². The number of hydrogen-bond donors (Lipinski definition) is 2. The molecule has 198 valence electrons. The van der Waals surface area contributed by atoms with E-state index in [4.69, 9.17) is 16.3 Å². The molecule has 9 nitrogen and oxygen atoms in total. The Labute approximate surface area is 227 Å². The monoisotopic (exact) mass is 543 g/mol. The number of nitrogens with one attached hydrogen (secondary N) is 2. The summed E-state index contributed by atoms with van der Waals surface area (Å²) in [5.74, 6) is 1.94. The standard InChI is InChI=1S/C26H34ClN7O2S/c1-17-7-6-8-19(27)23(17)32-24(35)20-16-28-25(37-20)31-21-15-22(30-18(2)29-21)34-11-9-33(10-12-34)13-14-36-26(3,4)5/h6-8,15-16H,9-14H2,1-5H3,(H,32,35)(H,28,29,30,31). The summed E-state index contributed by atoms with van der Waals surface area (Å²) < 4.78 is 5.87. The van der Waals surface area contributed by atoms with Crippen LogP contribution in [0.25, 0.3) is 0 Å². The summed E-state index contributed by atoms with van der Waals surface area (Å²) in [5.41, 5.74) is 1.39. The van der Waals surface area contributed by atoms with Crippen molar-refractivity contribution in [1.29, 1.82) is 0 Å². The second kappa shape index (κ2) is 11.7. The van der Waals surface area contributed by atoms with Gasteiger partial charge in [0.1, 0.15) is 22.3 Å². The number of anilines is 4. The number of piperazine rings is 1. The van der Waals surface area contributed by atoms with Gasteiger partial charge in [-0.25, -0.2) is 15.0 Å². The molecule has 3 heterocycles. The van der Waals surface area contributed by atoms with E-state index in [0.717, 1.165) is 50.7 Å². The second-order valence-corrected chi connectivity index (χ2v) is 11.4. The smallest absolute Gasteiger partial charge is 0.267 e. The number of carbonyl (C=O) groups excluding carboxylic acids is 1. The van der Waals surface area contributed by atoms with E-state index in [-0.39, 0.29) is 11.5 Å². The number of aryl methyl sites for hydroxylation is 2. The van der Waals surface area contributed by atoms with Gasteiger partial charge in [-0.1, -0.05) is 35.1 Å². The first-order valence-electron chi connectivity index (χ1n) is 12.3. The summed E-state index contributed by atoms with van der Waals surface area (Å²) in [4.78, 5) is 31.5. The zero-order chi connectivity index (χ0) is 26.6. The largest absolute Gasteiger partial charge is 0.375 e. The van der Waals surface area contributed by atoms with Crippen molar-refractivity contribution in [3.8, 4) is 0 Å².